The van der Waals surface area contributed by atoms with Crippen molar-refractivity contribution in [3.05, 3.63) is 69.9 Å². The lowest BCUT2D eigenvalue weighted by atomic mass is 9.49. The van der Waals surface area contributed by atoms with E-state index in [0.29, 0.717) is 36.0 Å². The molecule has 14 atom stereocenters. The molecule has 0 aromatic heterocycles. The predicted octanol–water partition coefficient (Wildman–Crippen LogP) is 9.03. The van der Waals surface area contributed by atoms with Crippen molar-refractivity contribution < 1.29 is 26.6 Å². The Kier molecular flexibility index (Phi) is 12.8. The summed E-state index contributed by atoms with van der Waals surface area (Å²) < 4.78 is 53.5. The van der Waals surface area contributed by atoms with Gasteiger partial charge in [0.2, 0.25) is 28.4 Å². The van der Waals surface area contributed by atoms with E-state index in [9.17, 15) is 9.90 Å². The van der Waals surface area contributed by atoms with Crippen LogP contribution in [0.25, 0.3) is 0 Å². The first kappa shape index (κ1) is 40.4. The fourth-order valence-corrected chi connectivity index (χ4v) is 15.2. The summed E-state index contributed by atoms with van der Waals surface area (Å²) >= 11 is 4.36. The molecule has 310 valence electrons. The van der Waals surface area contributed by atoms with Gasteiger partial charge in [-0.25, -0.2) is 0 Å². The molecule has 5 saturated carbocycles. The number of aliphatic hydroxyl groups is 1. The number of allylic oxidation sites excluding steroid dienone is 9. The smallest absolute Gasteiger partial charge is 0.209 e. The Hall–Kier alpha value is -0.430. The van der Waals surface area contributed by atoms with E-state index in [2.05, 4.69) is 78.0 Å². The van der Waals surface area contributed by atoms with Crippen molar-refractivity contribution in [3.63, 3.8) is 0 Å². The highest BCUT2D eigenvalue weighted by Crippen LogP contribution is 2.67. The molecular weight excluding hydrogens is 796 g/mol. The summed E-state index contributed by atoms with van der Waals surface area (Å²) in [6, 6.07) is 0. The molecule has 14 heteroatoms. The van der Waals surface area contributed by atoms with Gasteiger partial charge in [0.1, 0.15) is 6.29 Å². The molecule has 0 aliphatic heterocycles. The summed E-state index contributed by atoms with van der Waals surface area (Å²) in [4.78, 5) is 11.2. The zero-order valence-corrected chi connectivity index (χ0v) is 38.3. The lowest BCUT2D eigenvalue weighted by Gasteiger charge is -2.57. The zero-order chi connectivity index (χ0) is 44.5. The number of fused-ring (bicyclic) bond motifs is 10. The van der Waals surface area contributed by atoms with Crippen LogP contribution in [-0.4, -0.2) is 75.6 Å². The molecule has 8 aliphatic rings. The fraction of sp³-hybridized carbons (Fsp3) is 0.705. The lowest BCUT2D eigenvalue weighted by molar-refractivity contribution is -0.108. The van der Waals surface area contributed by atoms with E-state index in [-0.39, 0.29) is 52.2 Å². The van der Waals surface area contributed by atoms with Crippen molar-refractivity contribution >= 4 is 82.2 Å². The van der Waals surface area contributed by atoms with Crippen LogP contribution in [0.15, 0.2) is 69.9 Å². The molecule has 0 spiro atoms. The van der Waals surface area contributed by atoms with E-state index in [1.165, 1.54) is 61.8 Å². The third-order valence-corrected chi connectivity index (χ3v) is 18.2. The van der Waals surface area contributed by atoms with E-state index >= 15 is 0 Å². The van der Waals surface area contributed by atoms with Gasteiger partial charge < -0.3 is 26.6 Å². The molecule has 4 radical (unpaired) electrons. The number of hydrogen-bond donors (Lipinski definition) is 1. The molecule has 8 rings (SSSR count). The molecule has 0 aromatic rings. The zero-order valence-electron chi connectivity index (χ0n) is 39.0. The number of carbonyl (C=O) groups is 1. The van der Waals surface area contributed by atoms with Crippen LogP contribution in [0, 0.1) is 51.2 Å². The maximum absolute atomic E-state index is 11.2. The fourth-order valence-electron chi connectivity index (χ4n) is 13.8. The summed E-state index contributed by atoms with van der Waals surface area (Å²) in [6.07, 6.45) is 24.5. The average molecular weight is 867 g/mol. The van der Waals surface area contributed by atoms with Gasteiger partial charge in [0, 0.05) is 30.1 Å². The minimum absolute atomic E-state index is 0.000930. The van der Waals surface area contributed by atoms with Gasteiger partial charge in [-0.2, -0.15) is 0 Å². The number of rotatable bonds is 15. The first-order valence-electron chi connectivity index (χ1n) is 23.5. The van der Waals surface area contributed by atoms with Gasteiger partial charge in [-0.15, -0.1) is 0 Å². The van der Waals surface area contributed by atoms with Gasteiger partial charge in [0.05, 0.1) is 30.5 Å². The van der Waals surface area contributed by atoms with Gasteiger partial charge in [-0.05, 0) is 110 Å². The van der Waals surface area contributed by atoms with Crippen LogP contribution in [-0.2, 0) is 21.5 Å². The molecule has 0 saturated heterocycles. The molecule has 0 amide bonds. The van der Waals surface area contributed by atoms with E-state index in [4.69, 9.17) is 22.1 Å². The maximum Gasteiger partial charge on any atom is 0.209 e. The number of carbonyl (C=O) groups excluding carboxylic acids is 1. The Morgan fingerprint density at radius 1 is 0.776 bits per heavy atom. The molecule has 6 nitrogen and oxygen atoms in total. The SMILES string of the molecule is [3H][B]SO[C@@H]1CC2=CC=C3C(CC[C@]4(C)/C(=C\C)[C@@H](O)CC34)[C@@]2(C)[C@@H](OS[B][3H])C1.[3H][B]SO[C@@H]1CC2=CC=C3C(CC[C@]4(C)C([C@@H](C)CC=O)=CCC34)[C@@]2(C)[C@@H](OS[B][3H])C1. The van der Waals surface area contributed by atoms with E-state index in [1.54, 1.807) is 0 Å². The van der Waals surface area contributed by atoms with Crippen LogP contribution in [0.2, 0.25) is 0 Å². The average Bonchev–Trinajstić information content (AvgIpc) is 3.75. The number of aldehydes is 1. The standard InChI is InChI=1S/C23H32B2O3S2.C21H30B2O3S2/c1-14(9-11-26)18-6-7-19-17-5-4-15-12-16(27-29-24)13-21(28-30-25)23(15,3)20(17)8-10-22(18,19)2;1-4-15-18(24)11-17-14-6-5-12-9-13(25-27-22)10-19(26-28-23)21(12,3)16(14)7-8-20(15,17)2/h4-6,11,14,16,19-21,24-25H,7-10,12-13H2,1-3H3;4-6,13,16-19,22-24H,7-11H2,1-3H3/b;15-4-/t14-,16+,19?,20?,21-,22+,23-;13-,16?,17?,18+,19+,20-,21+/m01/s1/i24T,25T;22T,23T. The highest BCUT2D eigenvalue weighted by molar-refractivity contribution is 8.16. The highest BCUT2D eigenvalue weighted by Gasteiger charge is 2.60. The second-order valence-corrected chi connectivity index (χ2v) is 20.5. The number of hydrogen-bond acceptors (Lipinski definition) is 10. The topological polar surface area (TPSA) is 74.2 Å². The van der Waals surface area contributed by atoms with Crippen molar-refractivity contribution in [2.75, 3.05) is 0 Å². The summed E-state index contributed by atoms with van der Waals surface area (Å²) in [6.45, 7) is 13.7. The van der Waals surface area contributed by atoms with E-state index < -0.39 is 0 Å². The predicted molar refractivity (Wildman–Crippen MR) is 251 cm³/mol. The summed E-state index contributed by atoms with van der Waals surface area (Å²) in [7, 11) is 4.94. The van der Waals surface area contributed by atoms with Gasteiger partial charge in [-0.1, -0.05) is 147 Å². The Bertz CT molecular complexity index is 1840. The summed E-state index contributed by atoms with van der Waals surface area (Å²) in [5.74, 6) is 1.96. The monoisotopic (exact) mass is 866 g/mol. The van der Waals surface area contributed by atoms with Gasteiger partial charge in [0.25, 0.3) is 0 Å². The molecule has 0 bridgehead atoms. The van der Waals surface area contributed by atoms with Crippen LogP contribution < -0.4 is 0 Å². The minimum Gasteiger partial charge on any atom is -0.389 e. The Labute approximate surface area is 376 Å². The van der Waals surface area contributed by atoms with E-state index in [0.717, 1.165) is 118 Å². The molecule has 4 unspecified atom stereocenters. The maximum atomic E-state index is 11.2. The molecule has 0 aromatic carbocycles. The second-order valence-electron chi connectivity index (χ2n) is 19.0. The number of aliphatic hydroxyl groups excluding tert-OH is 1. The van der Waals surface area contributed by atoms with Crippen LogP contribution in [0.3, 0.4) is 0 Å². The lowest BCUT2D eigenvalue weighted by Crippen LogP contribution is -2.52. The Morgan fingerprint density at radius 3 is 1.81 bits per heavy atom. The largest absolute Gasteiger partial charge is 0.389 e. The van der Waals surface area contributed by atoms with Crippen molar-refractivity contribution in [1.29, 1.82) is 5.34 Å². The van der Waals surface area contributed by atoms with Crippen molar-refractivity contribution in [2.45, 2.75) is 143 Å². The van der Waals surface area contributed by atoms with Gasteiger partial charge >= 0.3 is 0 Å². The summed E-state index contributed by atoms with van der Waals surface area (Å²) in [5, 5.41) is 10.8. The Morgan fingerprint density at radius 2 is 1.29 bits per heavy atom. The van der Waals surface area contributed by atoms with Crippen molar-refractivity contribution in [1.82, 2.24) is 0 Å². The van der Waals surface area contributed by atoms with Crippen LogP contribution in [0.1, 0.15) is 112 Å². The third kappa shape index (κ3) is 7.60. The molecule has 1 N–H and O–H groups in total. The molecule has 58 heavy (non-hydrogen) atoms. The molecule has 0 heterocycles. The van der Waals surface area contributed by atoms with Gasteiger partial charge in [-0.3, -0.25) is 0 Å². The normalized spacial score (nSPS) is 44.3. The van der Waals surface area contributed by atoms with Crippen molar-refractivity contribution in [3.8, 4) is 0 Å². The minimum atomic E-state index is -0.342. The summed E-state index contributed by atoms with van der Waals surface area (Å²) in [5.41, 5.74) is 8.32. The van der Waals surface area contributed by atoms with E-state index in [1.807, 2.05) is 0 Å². The van der Waals surface area contributed by atoms with Crippen LogP contribution in [0.5, 0.6) is 0 Å². The Balaban J connectivity index is 0.000000187. The highest BCUT2D eigenvalue weighted by atomic mass is 32.2. The third-order valence-electron chi connectivity index (χ3n) is 16.8. The first-order valence-corrected chi connectivity index (χ1v) is 24.4. The molecule has 8 aliphatic carbocycles. The molecular formula is C44H62B4O6S4. The van der Waals surface area contributed by atoms with Crippen molar-refractivity contribution in [2.24, 2.45) is 51.2 Å². The molecule has 5 fully saturated rings. The van der Waals surface area contributed by atoms with Gasteiger partial charge in [0.15, 0.2) is 0 Å². The second kappa shape index (κ2) is 18.3. The quantitative estimate of drug-likeness (QED) is 0.0747. The van der Waals surface area contributed by atoms with Crippen LogP contribution in [0.4, 0.5) is 0 Å². The first-order chi connectivity index (χ1) is 29.8. The van der Waals surface area contributed by atoms with Crippen LogP contribution >= 0.6 is 47.6 Å².